The first kappa shape index (κ1) is 17.3. The SMILES string of the molecule is O=C(c1ccc(OCC2CC2)cc1)N1CCCC(N2CCNCC2=O)C1. The van der Waals surface area contributed by atoms with Gasteiger partial charge in [-0.3, -0.25) is 9.59 Å². The highest BCUT2D eigenvalue weighted by atomic mass is 16.5. The number of piperidine rings is 1. The van der Waals surface area contributed by atoms with E-state index in [9.17, 15) is 9.59 Å². The molecule has 0 bridgehead atoms. The van der Waals surface area contributed by atoms with E-state index in [-0.39, 0.29) is 17.9 Å². The number of nitrogens with one attached hydrogen (secondary N) is 1. The van der Waals surface area contributed by atoms with E-state index >= 15 is 0 Å². The number of carbonyl (C=O) groups is 2. The Labute approximate surface area is 154 Å². The van der Waals surface area contributed by atoms with Gasteiger partial charge >= 0.3 is 0 Å². The summed E-state index contributed by atoms with van der Waals surface area (Å²) in [5.74, 6) is 1.74. The number of ether oxygens (including phenoxy) is 1. The van der Waals surface area contributed by atoms with Crippen molar-refractivity contribution < 1.29 is 14.3 Å². The summed E-state index contributed by atoms with van der Waals surface area (Å²) < 4.78 is 5.74. The van der Waals surface area contributed by atoms with Gasteiger partial charge in [0, 0.05) is 37.8 Å². The molecule has 1 aliphatic carbocycles. The summed E-state index contributed by atoms with van der Waals surface area (Å²) in [7, 11) is 0. The van der Waals surface area contributed by atoms with E-state index in [4.69, 9.17) is 4.74 Å². The number of benzene rings is 1. The standard InChI is InChI=1S/C20H27N3O3/c24-19-12-21-9-11-23(19)17-2-1-10-22(13-17)20(25)16-5-7-18(8-6-16)26-14-15-3-4-15/h5-8,15,17,21H,1-4,9-14H2. The first-order valence-corrected chi connectivity index (χ1v) is 9.73. The molecule has 2 amide bonds. The minimum Gasteiger partial charge on any atom is -0.493 e. The summed E-state index contributed by atoms with van der Waals surface area (Å²) in [6.07, 6.45) is 4.45. The van der Waals surface area contributed by atoms with Gasteiger partial charge in [-0.2, -0.15) is 0 Å². The summed E-state index contributed by atoms with van der Waals surface area (Å²) in [5, 5.41) is 3.11. The number of rotatable bonds is 5. The van der Waals surface area contributed by atoms with Gasteiger partial charge in [-0.05, 0) is 55.9 Å². The molecule has 0 spiro atoms. The van der Waals surface area contributed by atoms with Gasteiger partial charge in [-0.25, -0.2) is 0 Å². The van der Waals surface area contributed by atoms with Crippen molar-refractivity contribution in [3.63, 3.8) is 0 Å². The number of amides is 2. The van der Waals surface area contributed by atoms with Gasteiger partial charge in [0.25, 0.3) is 5.91 Å². The fraction of sp³-hybridized carbons (Fsp3) is 0.600. The summed E-state index contributed by atoms with van der Waals surface area (Å²) in [5.41, 5.74) is 0.691. The second-order valence-corrected chi connectivity index (χ2v) is 7.59. The highest BCUT2D eigenvalue weighted by molar-refractivity contribution is 5.94. The summed E-state index contributed by atoms with van der Waals surface area (Å²) in [4.78, 5) is 28.8. The summed E-state index contributed by atoms with van der Waals surface area (Å²) >= 11 is 0. The Morgan fingerprint density at radius 1 is 1.15 bits per heavy atom. The number of nitrogens with zero attached hydrogens (tertiary/aromatic N) is 2. The Morgan fingerprint density at radius 3 is 2.69 bits per heavy atom. The molecule has 0 radical (unpaired) electrons. The van der Waals surface area contributed by atoms with Crippen LogP contribution in [0.1, 0.15) is 36.0 Å². The quantitative estimate of drug-likeness (QED) is 0.868. The molecule has 6 nitrogen and oxygen atoms in total. The van der Waals surface area contributed by atoms with Gasteiger partial charge in [0.2, 0.25) is 5.91 Å². The maximum Gasteiger partial charge on any atom is 0.253 e. The average Bonchev–Trinajstić information content (AvgIpc) is 3.51. The summed E-state index contributed by atoms with van der Waals surface area (Å²) in [6.45, 7) is 4.14. The first-order chi connectivity index (χ1) is 12.7. The van der Waals surface area contributed by atoms with E-state index in [2.05, 4.69) is 5.32 Å². The predicted molar refractivity (Wildman–Crippen MR) is 98.2 cm³/mol. The largest absolute Gasteiger partial charge is 0.493 e. The van der Waals surface area contributed by atoms with Gasteiger partial charge in [0.05, 0.1) is 13.2 Å². The highest BCUT2D eigenvalue weighted by Gasteiger charge is 2.32. The Balaban J connectivity index is 1.36. The predicted octanol–water partition coefficient (Wildman–Crippen LogP) is 1.51. The van der Waals surface area contributed by atoms with Crippen LogP contribution in [0.2, 0.25) is 0 Å². The molecule has 6 heteroatoms. The zero-order valence-electron chi connectivity index (χ0n) is 15.2. The highest BCUT2D eigenvalue weighted by Crippen LogP contribution is 2.29. The van der Waals surface area contributed by atoms with Crippen molar-refractivity contribution in [3.05, 3.63) is 29.8 Å². The van der Waals surface area contributed by atoms with E-state index in [0.717, 1.165) is 44.8 Å². The number of hydrogen-bond donors (Lipinski definition) is 1. The van der Waals surface area contributed by atoms with Gasteiger partial charge in [-0.1, -0.05) is 0 Å². The van der Waals surface area contributed by atoms with Gasteiger partial charge in [-0.15, -0.1) is 0 Å². The van der Waals surface area contributed by atoms with Gasteiger partial charge in [0.1, 0.15) is 5.75 Å². The maximum atomic E-state index is 12.9. The molecule has 1 unspecified atom stereocenters. The molecule has 3 fully saturated rings. The first-order valence-electron chi connectivity index (χ1n) is 9.73. The van der Waals surface area contributed by atoms with Crippen molar-refractivity contribution in [1.82, 2.24) is 15.1 Å². The molecule has 4 rings (SSSR count). The zero-order valence-corrected chi connectivity index (χ0v) is 15.2. The van der Waals surface area contributed by atoms with Crippen molar-refractivity contribution in [1.29, 1.82) is 0 Å². The van der Waals surface area contributed by atoms with Crippen LogP contribution < -0.4 is 10.1 Å². The van der Waals surface area contributed by atoms with E-state index in [0.29, 0.717) is 24.6 Å². The van der Waals surface area contributed by atoms with Gasteiger partial charge in [0.15, 0.2) is 0 Å². The molecule has 2 saturated heterocycles. The van der Waals surface area contributed by atoms with Crippen molar-refractivity contribution in [2.75, 3.05) is 39.3 Å². The maximum absolute atomic E-state index is 12.9. The molecule has 1 aromatic carbocycles. The second-order valence-electron chi connectivity index (χ2n) is 7.59. The van der Waals surface area contributed by atoms with Crippen molar-refractivity contribution in [2.24, 2.45) is 5.92 Å². The monoisotopic (exact) mass is 357 g/mol. The number of piperazine rings is 1. The molecule has 1 atom stereocenters. The molecule has 2 aliphatic heterocycles. The minimum absolute atomic E-state index is 0.0472. The lowest BCUT2D eigenvalue weighted by Gasteiger charge is -2.41. The van der Waals surface area contributed by atoms with E-state index in [1.807, 2.05) is 34.1 Å². The second kappa shape index (κ2) is 7.66. The molecular weight excluding hydrogens is 330 g/mol. The van der Waals surface area contributed by atoms with Crippen LogP contribution in [0.3, 0.4) is 0 Å². The van der Waals surface area contributed by atoms with Crippen LogP contribution in [0.4, 0.5) is 0 Å². The molecule has 2 heterocycles. The lowest BCUT2D eigenvalue weighted by molar-refractivity contribution is -0.135. The van der Waals surface area contributed by atoms with E-state index in [1.165, 1.54) is 12.8 Å². The topological polar surface area (TPSA) is 61.9 Å². The van der Waals surface area contributed by atoms with Gasteiger partial charge < -0.3 is 19.9 Å². The smallest absolute Gasteiger partial charge is 0.253 e. The van der Waals surface area contributed by atoms with Crippen LogP contribution >= 0.6 is 0 Å². The molecule has 140 valence electrons. The summed E-state index contributed by atoms with van der Waals surface area (Å²) in [6, 6.07) is 7.62. The molecule has 1 saturated carbocycles. The van der Waals surface area contributed by atoms with Crippen LogP contribution in [-0.2, 0) is 4.79 Å². The zero-order chi connectivity index (χ0) is 17.9. The van der Waals surface area contributed by atoms with Crippen LogP contribution in [0.25, 0.3) is 0 Å². The normalized spacial score (nSPS) is 23.8. The average molecular weight is 357 g/mol. The Bertz CT molecular complexity index is 657. The molecule has 3 aliphatic rings. The third-order valence-electron chi connectivity index (χ3n) is 5.53. The lowest BCUT2D eigenvalue weighted by Crippen LogP contribution is -2.57. The molecule has 0 aromatic heterocycles. The van der Waals surface area contributed by atoms with E-state index < -0.39 is 0 Å². The third kappa shape index (κ3) is 4.01. The number of likely N-dealkylation sites (tertiary alicyclic amines) is 1. The van der Waals surface area contributed by atoms with Crippen LogP contribution in [0.5, 0.6) is 5.75 Å². The fourth-order valence-corrected chi connectivity index (χ4v) is 3.78. The van der Waals surface area contributed by atoms with E-state index in [1.54, 1.807) is 0 Å². The molecule has 1 N–H and O–H groups in total. The number of hydrogen-bond acceptors (Lipinski definition) is 4. The lowest BCUT2D eigenvalue weighted by atomic mass is 10.0. The Hall–Kier alpha value is -2.08. The van der Waals surface area contributed by atoms with Crippen LogP contribution in [0, 0.1) is 5.92 Å². The van der Waals surface area contributed by atoms with Crippen molar-refractivity contribution >= 4 is 11.8 Å². The van der Waals surface area contributed by atoms with Crippen molar-refractivity contribution in [3.8, 4) is 5.75 Å². The van der Waals surface area contributed by atoms with Crippen LogP contribution in [0.15, 0.2) is 24.3 Å². The molecule has 26 heavy (non-hydrogen) atoms. The molecule has 1 aromatic rings. The van der Waals surface area contributed by atoms with Crippen LogP contribution in [-0.4, -0.2) is 67.0 Å². The fourth-order valence-electron chi connectivity index (χ4n) is 3.78. The van der Waals surface area contributed by atoms with Crippen molar-refractivity contribution in [2.45, 2.75) is 31.7 Å². The number of carbonyl (C=O) groups excluding carboxylic acids is 2. The Kier molecular flexibility index (Phi) is 5.11. The molecular formula is C20H27N3O3. The third-order valence-corrected chi connectivity index (χ3v) is 5.53. The Morgan fingerprint density at radius 2 is 1.96 bits per heavy atom. The minimum atomic E-state index is 0.0472.